The lowest BCUT2D eigenvalue weighted by Gasteiger charge is -2.32. The topological polar surface area (TPSA) is 66.4 Å². The minimum absolute atomic E-state index is 0.0496. The Bertz CT molecular complexity index is 450. The summed E-state index contributed by atoms with van der Waals surface area (Å²) in [5.41, 5.74) is 0.544. The van der Waals surface area contributed by atoms with Gasteiger partial charge in [0.05, 0.1) is 13.1 Å². The van der Waals surface area contributed by atoms with Crippen molar-refractivity contribution in [3.8, 4) is 0 Å². The van der Waals surface area contributed by atoms with Crippen LogP contribution < -0.4 is 0 Å². The lowest BCUT2D eigenvalue weighted by molar-refractivity contribution is -0.150. The number of rotatable bonds is 3. The van der Waals surface area contributed by atoms with E-state index in [2.05, 4.69) is 9.59 Å². The smallest absolute Gasteiger partial charge is 0.243 e. The first-order valence-electron chi connectivity index (χ1n) is 5.14. The second-order valence-corrected chi connectivity index (χ2v) is 5.01. The Balaban J connectivity index is 2.06. The normalized spacial score (nSPS) is 16.8. The third kappa shape index (κ3) is 2.55. The van der Waals surface area contributed by atoms with Crippen LogP contribution in [0.5, 0.6) is 0 Å². The molecule has 1 aliphatic heterocycles. The summed E-state index contributed by atoms with van der Waals surface area (Å²) in [6, 6.07) is 0. The summed E-state index contributed by atoms with van der Waals surface area (Å²) in [5, 5.41) is 3.83. The summed E-state index contributed by atoms with van der Waals surface area (Å²) in [6.45, 7) is 2.86. The van der Waals surface area contributed by atoms with Gasteiger partial charge in [-0.3, -0.25) is 9.59 Å². The Labute approximate surface area is 107 Å². The molecule has 2 amide bonds. The fourth-order valence-electron chi connectivity index (χ4n) is 1.61. The number of carbonyl (C=O) groups is 2. The minimum atomic E-state index is -0.0875. The second-order valence-electron chi connectivity index (χ2n) is 3.65. The molecule has 0 aliphatic carbocycles. The van der Waals surface area contributed by atoms with Gasteiger partial charge in [-0.15, -0.1) is 5.10 Å². The van der Waals surface area contributed by atoms with E-state index in [0.717, 1.165) is 11.5 Å². The van der Waals surface area contributed by atoms with E-state index < -0.39 is 0 Å². The van der Waals surface area contributed by atoms with Gasteiger partial charge in [-0.05, 0) is 6.92 Å². The van der Waals surface area contributed by atoms with Crippen molar-refractivity contribution in [2.45, 2.75) is 13.5 Å². The molecule has 2 rings (SSSR count). The summed E-state index contributed by atoms with van der Waals surface area (Å²) in [4.78, 5) is 26.4. The van der Waals surface area contributed by atoms with Crippen molar-refractivity contribution in [2.75, 3.05) is 19.6 Å². The standard InChI is InChI=1S/C9H11ClN4O2S/c1-2-13-4-8(16)14(5-7(13)15)3-6-9(10)17-12-11-6/h2-5H2,1H3. The molecular weight excluding hydrogens is 264 g/mol. The van der Waals surface area contributed by atoms with Gasteiger partial charge in [0.2, 0.25) is 11.8 Å². The van der Waals surface area contributed by atoms with Crippen LogP contribution in [0, 0.1) is 0 Å². The van der Waals surface area contributed by atoms with Crippen LogP contribution >= 0.6 is 23.1 Å². The molecule has 0 unspecified atom stereocenters. The summed E-state index contributed by atoms with van der Waals surface area (Å²) < 4.78 is 4.15. The molecule has 1 aliphatic rings. The molecule has 0 N–H and O–H groups in total. The molecule has 0 spiro atoms. The number of amides is 2. The quantitative estimate of drug-likeness (QED) is 0.799. The number of nitrogens with zero attached hydrogens (tertiary/aromatic N) is 4. The van der Waals surface area contributed by atoms with Gasteiger partial charge in [-0.25, -0.2) is 0 Å². The van der Waals surface area contributed by atoms with Crippen LogP contribution in [0.15, 0.2) is 0 Å². The van der Waals surface area contributed by atoms with Crippen molar-refractivity contribution in [1.82, 2.24) is 19.4 Å². The molecular formula is C9H11ClN4O2S. The number of piperazine rings is 1. The number of likely N-dealkylation sites (N-methyl/N-ethyl adjacent to an activating group) is 1. The molecule has 1 aromatic heterocycles. The van der Waals surface area contributed by atoms with E-state index in [-0.39, 0.29) is 31.4 Å². The van der Waals surface area contributed by atoms with Gasteiger partial charge >= 0.3 is 0 Å². The van der Waals surface area contributed by atoms with Crippen LogP contribution in [0.25, 0.3) is 0 Å². The molecule has 1 saturated heterocycles. The first-order valence-corrected chi connectivity index (χ1v) is 6.29. The predicted molar refractivity (Wildman–Crippen MR) is 62.6 cm³/mol. The van der Waals surface area contributed by atoms with Crippen LogP contribution in [0.4, 0.5) is 0 Å². The van der Waals surface area contributed by atoms with E-state index >= 15 is 0 Å². The number of carbonyl (C=O) groups excluding carboxylic acids is 2. The highest BCUT2D eigenvalue weighted by molar-refractivity contribution is 7.10. The first kappa shape index (κ1) is 12.3. The zero-order chi connectivity index (χ0) is 12.4. The molecule has 1 aromatic rings. The summed E-state index contributed by atoms with van der Waals surface area (Å²) in [5.74, 6) is -0.137. The van der Waals surface area contributed by atoms with Crippen molar-refractivity contribution in [3.63, 3.8) is 0 Å². The van der Waals surface area contributed by atoms with Gasteiger partial charge in [0.15, 0.2) is 0 Å². The van der Waals surface area contributed by atoms with Gasteiger partial charge in [-0.1, -0.05) is 16.1 Å². The highest BCUT2D eigenvalue weighted by Crippen LogP contribution is 2.19. The molecule has 0 saturated carbocycles. The Morgan fingerprint density at radius 1 is 1.29 bits per heavy atom. The Morgan fingerprint density at radius 3 is 2.53 bits per heavy atom. The molecule has 2 heterocycles. The molecule has 0 bridgehead atoms. The van der Waals surface area contributed by atoms with Gasteiger partial charge in [0.1, 0.15) is 16.6 Å². The van der Waals surface area contributed by atoms with Crippen molar-refractivity contribution in [3.05, 3.63) is 10.0 Å². The zero-order valence-corrected chi connectivity index (χ0v) is 10.8. The summed E-state index contributed by atoms with van der Waals surface area (Å²) >= 11 is 6.93. The Hall–Kier alpha value is -1.21. The maximum absolute atomic E-state index is 11.8. The number of hydrogen-bond acceptors (Lipinski definition) is 5. The maximum Gasteiger partial charge on any atom is 0.243 e. The maximum atomic E-state index is 11.8. The lowest BCUT2D eigenvalue weighted by atomic mass is 10.3. The second kappa shape index (κ2) is 4.97. The van der Waals surface area contributed by atoms with E-state index in [0.29, 0.717) is 16.6 Å². The fourth-order valence-corrected chi connectivity index (χ4v) is 2.22. The van der Waals surface area contributed by atoms with Crippen molar-refractivity contribution < 1.29 is 9.59 Å². The fraction of sp³-hybridized carbons (Fsp3) is 0.556. The summed E-state index contributed by atoms with van der Waals surface area (Å²) in [6.07, 6.45) is 0. The lowest BCUT2D eigenvalue weighted by Crippen LogP contribution is -2.53. The van der Waals surface area contributed by atoms with Crippen molar-refractivity contribution in [2.24, 2.45) is 0 Å². The van der Waals surface area contributed by atoms with E-state index in [1.54, 1.807) is 0 Å². The van der Waals surface area contributed by atoms with Crippen LogP contribution in [-0.2, 0) is 16.1 Å². The average molecular weight is 275 g/mol. The molecule has 8 heteroatoms. The highest BCUT2D eigenvalue weighted by Gasteiger charge is 2.29. The van der Waals surface area contributed by atoms with Crippen LogP contribution in [0.1, 0.15) is 12.6 Å². The zero-order valence-electron chi connectivity index (χ0n) is 9.22. The minimum Gasteiger partial charge on any atom is -0.332 e. The largest absolute Gasteiger partial charge is 0.332 e. The Kier molecular flexibility index (Phi) is 3.58. The highest BCUT2D eigenvalue weighted by atomic mass is 35.5. The summed E-state index contributed by atoms with van der Waals surface area (Å²) in [7, 11) is 0. The number of hydrogen-bond donors (Lipinski definition) is 0. The molecule has 92 valence electrons. The third-order valence-corrected chi connectivity index (χ3v) is 3.57. The van der Waals surface area contributed by atoms with E-state index in [1.165, 1.54) is 9.80 Å². The Morgan fingerprint density at radius 2 is 1.94 bits per heavy atom. The molecule has 17 heavy (non-hydrogen) atoms. The molecule has 0 atom stereocenters. The predicted octanol–water partition coefficient (Wildman–Crippen LogP) is 0.382. The molecule has 0 radical (unpaired) electrons. The van der Waals surface area contributed by atoms with Crippen molar-refractivity contribution in [1.29, 1.82) is 0 Å². The third-order valence-electron chi connectivity index (χ3n) is 2.59. The SMILES string of the molecule is CCN1CC(=O)N(Cc2nnsc2Cl)CC1=O. The molecule has 6 nitrogen and oxygen atoms in total. The number of aromatic nitrogens is 2. The van der Waals surface area contributed by atoms with Gasteiger partial charge in [0.25, 0.3) is 0 Å². The van der Waals surface area contributed by atoms with E-state index in [1.807, 2.05) is 6.92 Å². The van der Waals surface area contributed by atoms with Crippen LogP contribution in [0.3, 0.4) is 0 Å². The number of halogens is 1. The molecule has 1 fully saturated rings. The first-order chi connectivity index (χ1) is 8.11. The van der Waals surface area contributed by atoms with E-state index in [4.69, 9.17) is 11.6 Å². The molecule has 0 aromatic carbocycles. The van der Waals surface area contributed by atoms with E-state index in [9.17, 15) is 9.59 Å². The average Bonchev–Trinajstić information content (AvgIpc) is 2.69. The van der Waals surface area contributed by atoms with Crippen LogP contribution in [0.2, 0.25) is 4.34 Å². The van der Waals surface area contributed by atoms with Gasteiger partial charge in [-0.2, -0.15) is 0 Å². The van der Waals surface area contributed by atoms with Crippen LogP contribution in [-0.4, -0.2) is 50.8 Å². The van der Waals surface area contributed by atoms with Gasteiger partial charge < -0.3 is 9.80 Å². The monoisotopic (exact) mass is 274 g/mol. The van der Waals surface area contributed by atoms with Gasteiger partial charge in [0, 0.05) is 18.1 Å². The van der Waals surface area contributed by atoms with Crippen molar-refractivity contribution >= 4 is 34.9 Å².